The zero-order chi connectivity index (χ0) is 10.4. The third-order valence-electron chi connectivity index (χ3n) is 1.67. The van der Waals surface area contributed by atoms with Gasteiger partial charge in [-0.2, -0.15) is 0 Å². The summed E-state index contributed by atoms with van der Waals surface area (Å²) in [6.45, 7) is 0.530. The molecular weight excluding hydrogens is 180 g/mol. The van der Waals surface area contributed by atoms with Gasteiger partial charge in [-0.15, -0.1) is 5.10 Å². The second kappa shape index (κ2) is 4.96. The van der Waals surface area contributed by atoms with Crippen molar-refractivity contribution in [2.45, 2.75) is 6.54 Å². The Labute approximate surface area is 82.7 Å². The Kier molecular flexibility index (Phi) is 3.60. The van der Waals surface area contributed by atoms with Gasteiger partial charge in [0.25, 0.3) is 0 Å². The maximum Gasteiger partial charge on any atom is 0.208 e. The van der Waals surface area contributed by atoms with E-state index in [4.69, 9.17) is 16.2 Å². The van der Waals surface area contributed by atoms with Gasteiger partial charge in [0.2, 0.25) is 5.96 Å². The molecule has 0 heterocycles. The van der Waals surface area contributed by atoms with E-state index in [-0.39, 0.29) is 5.96 Å². The van der Waals surface area contributed by atoms with Crippen molar-refractivity contribution in [3.8, 4) is 5.75 Å². The Morgan fingerprint density at radius 3 is 2.79 bits per heavy atom. The highest BCUT2D eigenvalue weighted by Gasteiger charge is 1.99. The van der Waals surface area contributed by atoms with E-state index in [9.17, 15) is 0 Å². The first-order valence-electron chi connectivity index (χ1n) is 4.17. The predicted octanol–water partition coefficient (Wildman–Crippen LogP) is -0.0268. The largest absolute Gasteiger partial charge is 0.496 e. The summed E-state index contributed by atoms with van der Waals surface area (Å²) in [4.78, 5) is 0. The van der Waals surface area contributed by atoms with Gasteiger partial charge in [-0.05, 0) is 6.07 Å². The fraction of sp³-hybridized carbons (Fsp3) is 0.222. The van der Waals surface area contributed by atoms with Crippen molar-refractivity contribution < 1.29 is 4.74 Å². The molecule has 0 spiro atoms. The van der Waals surface area contributed by atoms with Gasteiger partial charge >= 0.3 is 0 Å². The van der Waals surface area contributed by atoms with Crippen LogP contribution in [-0.4, -0.2) is 13.1 Å². The maximum absolute atomic E-state index is 5.16. The molecule has 0 amide bonds. The number of methoxy groups -OCH3 is 1. The molecule has 0 radical (unpaired) electrons. The standard InChI is InChI=1S/C9H14N4O/c1-14-8-5-3-2-4-7(8)6-12-13-9(10)11/h2-5,12H,6H2,1H3,(H4,10,11,13). The molecule has 1 rings (SSSR count). The van der Waals surface area contributed by atoms with E-state index in [2.05, 4.69) is 10.5 Å². The monoisotopic (exact) mass is 194 g/mol. The molecule has 76 valence electrons. The minimum absolute atomic E-state index is 0.0138. The van der Waals surface area contributed by atoms with Gasteiger partial charge in [-0.1, -0.05) is 18.2 Å². The lowest BCUT2D eigenvalue weighted by molar-refractivity contribution is 0.408. The Balaban J connectivity index is 2.62. The Morgan fingerprint density at radius 1 is 1.43 bits per heavy atom. The van der Waals surface area contributed by atoms with Crippen LogP contribution >= 0.6 is 0 Å². The van der Waals surface area contributed by atoms with E-state index in [1.165, 1.54) is 0 Å². The number of nitrogens with one attached hydrogen (secondary N) is 1. The second-order valence-corrected chi connectivity index (χ2v) is 2.68. The van der Waals surface area contributed by atoms with Crippen molar-refractivity contribution >= 4 is 5.96 Å². The molecule has 0 bridgehead atoms. The summed E-state index contributed by atoms with van der Waals surface area (Å²) in [5.74, 6) is 0.825. The molecule has 1 aromatic carbocycles. The quantitative estimate of drug-likeness (QED) is 0.357. The average molecular weight is 194 g/mol. The van der Waals surface area contributed by atoms with Crippen molar-refractivity contribution in [3.05, 3.63) is 29.8 Å². The van der Waals surface area contributed by atoms with Crippen molar-refractivity contribution in [3.63, 3.8) is 0 Å². The molecule has 0 atom stereocenters. The molecular formula is C9H14N4O. The third-order valence-corrected chi connectivity index (χ3v) is 1.67. The number of rotatable bonds is 4. The fourth-order valence-corrected chi connectivity index (χ4v) is 1.06. The molecule has 0 fully saturated rings. The van der Waals surface area contributed by atoms with E-state index >= 15 is 0 Å². The topological polar surface area (TPSA) is 85.7 Å². The number of hydrazone groups is 1. The lowest BCUT2D eigenvalue weighted by Gasteiger charge is -2.07. The zero-order valence-electron chi connectivity index (χ0n) is 8.03. The van der Waals surface area contributed by atoms with Crippen LogP contribution in [0.4, 0.5) is 0 Å². The molecule has 5 N–H and O–H groups in total. The first-order valence-corrected chi connectivity index (χ1v) is 4.17. The van der Waals surface area contributed by atoms with Gasteiger partial charge in [-0.3, -0.25) is 0 Å². The van der Waals surface area contributed by atoms with E-state index in [1.54, 1.807) is 7.11 Å². The molecule has 1 aromatic rings. The van der Waals surface area contributed by atoms with Gasteiger partial charge in [0.1, 0.15) is 5.75 Å². The van der Waals surface area contributed by atoms with Crippen LogP contribution in [0.3, 0.4) is 0 Å². The number of nitrogens with two attached hydrogens (primary N) is 2. The Hall–Kier alpha value is -1.91. The van der Waals surface area contributed by atoms with Crippen molar-refractivity contribution in [2.24, 2.45) is 16.6 Å². The molecule has 5 heteroatoms. The van der Waals surface area contributed by atoms with Crippen LogP contribution in [0, 0.1) is 0 Å². The van der Waals surface area contributed by atoms with E-state index in [1.807, 2.05) is 24.3 Å². The van der Waals surface area contributed by atoms with Crippen LogP contribution in [0.1, 0.15) is 5.56 Å². The van der Waals surface area contributed by atoms with Crippen molar-refractivity contribution in [2.75, 3.05) is 7.11 Å². The zero-order valence-corrected chi connectivity index (χ0v) is 8.03. The molecule has 0 aromatic heterocycles. The minimum Gasteiger partial charge on any atom is -0.496 e. The van der Waals surface area contributed by atoms with E-state index < -0.39 is 0 Å². The predicted molar refractivity (Wildman–Crippen MR) is 55.6 cm³/mol. The first kappa shape index (κ1) is 10.2. The molecule has 0 saturated carbocycles. The van der Waals surface area contributed by atoms with Crippen LogP contribution in [0.15, 0.2) is 29.4 Å². The number of benzene rings is 1. The van der Waals surface area contributed by atoms with Crippen LogP contribution < -0.4 is 21.6 Å². The molecule has 0 aliphatic heterocycles. The van der Waals surface area contributed by atoms with Gasteiger partial charge in [0.05, 0.1) is 13.7 Å². The molecule has 5 nitrogen and oxygen atoms in total. The van der Waals surface area contributed by atoms with E-state index in [0.717, 1.165) is 11.3 Å². The lowest BCUT2D eigenvalue weighted by atomic mass is 10.2. The number of ether oxygens (including phenoxy) is 1. The second-order valence-electron chi connectivity index (χ2n) is 2.68. The smallest absolute Gasteiger partial charge is 0.208 e. The van der Waals surface area contributed by atoms with Gasteiger partial charge in [-0.25, -0.2) is 0 Å². The number of nitrogens with zero attached hydrogens (tertiary/aromatic N) is 1. The number of hydrogen-bond acceptors (Lipinski definition) is 3. The molecule has 0 aliphatic carbocycles. The van der Waals surface area contributed by atoms with Crippen LogP contribution in [0.5, 0.6) is 5.75 Å². The lowest BCUT2D eigenvalue weighted by Crippen LogP contribution is -2.26. The number of para-hydroxylation sites is 1. The highest BCUT2D eigenvalue weighted by Crippen LogP contribution is 2.16. The summed E-state index contributed by atoms with van der Waals surface area (Å²) < 4.78 is 5.15. The fourth-order valence-electron chi connectivity index (χ4n) is 1.06. The summed E-state index contributed by atoms with van der Waals surface area (Å²) in [5.41, 5.74) is 14.1. The van der Waals surface area contributed by atoms with Crippen molar-refractivity contribution in [1.29, 1.82) is 0 Å². The van der Waals surface area contributed by atoms with Gasteiger partial charge in [0.15, 0.2) is 0 Å². The third kappa shape index (κ3) is 2.85. The average Bonchev–Trinajstić information content (AvgIpc) is 2.18. The Bertz CT molecular complexity index is 320. The highest BCUT2D eigenvalue weighted by molar-refractivity contribution is 5.75. The minimum atomic E-state index is 0.0138. The first-order chi connectivity index (χ1) is 6.74. The SMILES string of the molecule is COc1ccccc1CNN=C(N)N. The summed E-state index contributed by atoms with van der Waals surface area (Å²) in [6, 6.07) is 7.65. The number of guanidine groups is 1. The normalized spacial score (nSPS) is 9.21. The number of hydrogen-bond donors (Lipinski definition) is 3. The van der Waals surface area contributed by atoms with Crippen LogP contribution in [0.2, 0.25) is 0 Å². The molecule has 0 saturated heterocycles. The molecule has 14 heavy (non-hydrogen) atoms. The maximum atomic E-state index is 5.16. The van der Waals surface area contributed by atoms with Crippen LogP contribution in [-0.2, 0) is 6.54 Å². The highest BCUT2D eigenvalue weighted by atomic mass is 16.5. The van der Waals surface area contributed by atoms with Gasteiger partial charge < -0.3 is 21.6 Å². The van der Waals surface area contributed by atoms with Crippen molar-refractivity contribution in [1.82, 2.24) is 5.43 Å². The molecule has 0 aliphatic rings. The molecule has 0 unspecified atom stereocenters. The van der Waals surface area contributed by atoms with E-state index in [0.29, 0.717) is 6.54 Å². The summed E-state index contributed by atoms with van der Waals surface area (Å²) in [5, 5.41) is 3.66. The summed E-state index contributed by atoms with van der Waals surface area (Å²) in [6.07, 6.45) is 0. The summed E-state index contributed by atoms with van der Waals surface area (Å²) in [7, 11) is 1.62. The Morgan fingerprint density at radius 2 is 2.14 bits per heavy atom. The van der Waals surface area contributed by atoms with Gasteiger partial charge in [0, 0.05) is 5.56 Å². The van der Waals surface area contributed by atoms with Crippen LogP contribution in [0.25, 0.3) is 0 Å². The summed E-state index contributed by atoms with van der Waals surface area (Å²) >= 11 is 0.